The summed E-state index contributed by atoms with van der Waals surface area (Å²) in [6.07, 6.45) is 0.671. The van der Waals surface area contributed by atoms with Crippen molar-refractivity contribution in [3.05, 3.63) is 40.6 Å². The molecule has 0 spiro atoms. The molecule has 0 saturated heterocycles. The molecule has 2 aromatic rings. The standard InChI is InChI=1S/C18H23N3O3/c1-6-15(16-11(2)21-24-12(16)3)23-14-9-7-13(8-10-14)20-17(22)18(4,5)19/h7-10H,3,6,19H2,1-2,4-5H3,(H,20,22). The van der Waals surface area contributed by atoms with Gasteiger partial charge in [0.1, 0.15) is 11.5 Å². The summed E-state index contributed by atoms with van der Waals surface area (Å²) in [5, 5.41) is 7.45. The molecule has 0 bridgehead atoms. The lowest BCUT2D eigenvalue weighted by Gasteiger charge is -2.18. The Morgan fingerprint density at radius 2 is 2.00 bits per heavy atom. The van der Waals surface area contributed by atoms with Crippen LogP contribution in [0, 0.1) is 6.92 Å². The van der Waals surface area contributed by atoms with Gasteiger partial charge in [-0.05, 0) is 45.0 Å². The van der Waals surface area contributed by atoms with Gasteiger partial charge in [0, 0.05) is 12.1 Å². The monoisotopic (exact) mass is 329 g/mol. The van der Waals surface area contributed by atoms with Gasteiger partial charge in [0.2, 0.25) is 5.91 Å². The summed E-state index contributed by atoms with van der Waals surface area (Å²) >= 11 is 0. The number of hydrogen-bond donors (Lipinski definition) is 2. The molecule has 0 saturated carbocycles. The van der Waals surface area contributed by atoms with Crippen LogP contribution in [-0.4, -0.2) is 16.6 Å². The van der Waals surface area contributed by atoms with Crippen molar-refractivity contribution in [1.82, 2.24) is 5.16 Å². The number of carbonyl (C=O) groups excluding carboxylic acids is 1. The van der Waals surface area contributed by atoms with E-state index in [2.05, 4.69) is 17.1 Å². The van der Waals surface area contributed by atoms with Gasteiger partial charge in [-0.25, -0.2) is 0 Å². The zero-order chi connectivity index (χ0) is 17.9. The first-order valence-electron chi connectivity index (χ1n) is 7.75. The highest BCUT2D eigenvalue weighted by molar-refractivity contribution is 5.97. The maximum absolute atomic E-state index is 11.9. The van der Waals surface area contributed by atoms with Crippen molar-refractivity contribution >= 4 is 23.9 Å². The van der Waals surface area contributed by atoms with E-state index in [1.807, 2.05) is 13.8 Å². The van der Waals surface area contributed by atoms with E-state index in [0.717, 1.165) is 16.7 Å². The Labute approximate surface area is 141 Å². The van der Waals surface area contributed by atoms with Crippen LogP contribution < -0.4 is 26.4 Å². The molecule has 0 aliphatic heterocycles. The number of amides is 1. The van der Waals surface area contributed by atoms with Crippen molar-refractivity contribution in [3.8, 4) is 5.75 Å². The molecule has 0 fully saturated rings. The average Bonchev–Trinajstić information content (AvgIpc) is 2.85. The van der Waals surface area contributed by atoms with Crippen molar-refractivity contribution in [2.75, 3.05) is 5.32 Å². The second-order valence-corrected chi connectivity index (χ2v) is 6.15. The van der Waals surface area contributed by atoms with Crippen molar-refractivity contribution < 1.29 is 14.1 Å². The Morgan fingerprint density at radius 3 is 2.46 bits per heavy atom. The number of carbonyl (C=O) groups is 1. The molecule has 1 aromatic carbocycles. The number of nitrogens with zero attached hydrogens (tertiary/aromatic N) is 1. The highest BCUT2D eigenvalue weighted by atomic mass is 16.5. The van der Waals surface area contributed by atoms with Crippen molar-refractivity contribution in [3.63, 3.8) is 0 Å². The molecule has 1 amide bonds. The van der Waals surface area contributed by atoms with E-state index in [1.54, 1.807) is 38.1 Å². The molecule has 0 unspecified atom stereocenters. The molecule has 6 nitrogen and oxygen atoms in total. The molecule has 24 heavy (non-hydrogen) atoms. The van der Waals surface area contributed by atoms with E-state index in [4.69, 9.17) is 15.0 Å². The van der Waals surface area contributed by atoms with Crippen LogP contribution in [0.15, 0.2) is 28.8 Å². The highest BCUT2D eigenvalue weighted by Gasteiger charge is 2.21. The van der Waals surface area contributed by atoms with E-state index in [9.17, 15) is 4.79 Å². The fraction of sp³-hybridized carbons (Fsp3) is 0.333. The van der Waals surface area contributed by atoms with Crippen LogP contribution in [-0.2, 0) is 4.79 Å². The van der Waals surface area contributed by atoms with Gasteiger partial charge in [-0.1, -0.05) is 18.7 Å². The molecule has 1 heterocycles. The van der Waals surface area contributed by atoms with E-state index < -0.39 is 5.54 Å². The van der Waals surface area contributed by atoms with Crippen molar-refractivity contribution in [2.45, 2.75) is 39.7 Å². The molecule has 0 radical (unpaired) electrons. The van der Waals surface area contributed by atoms with Gasteiger partial charge < -0.3 is 20.3 Å². The molecule has 128 valence electrons. The van der Waals surface area contributed by atoms with Crippen LogP contribution >= 0.6 is 0 Å². The van der Waals surface area contributed by atoms with Crippen molar-refractivity contribution in [1.29, 1.82) is 0 Å². The second-order valence-electron chi connectivity index (χ2n) is 6.15. The minimum atomic E-state index is -0.936. The minimum Gasteiger partial charge on any atom is -0.461 e. The average molecular weight is 329 g/mol. The molecule has 0 aliphatic rings. The summed E-state index contributed by atoms with van der Waals surface area (Å²) in [5.74, 6) is 1.13. The first-order valence-corrected chi connectivity index (χ1v) is 7.75. The lowest BCUT2D eigenvalue weighted by atomic mass is 10.1. The molecule has 6 heteroatoms. The molecule has 2 rings (SSSR count). The largest absolute Gasteiger partial charge is 0.461 e. The maximum atomic E-state index is 11.9. The Balaban J connectivity index is 2.22. The van der Waals surface area contributed by atoms with E-state index in [0.29, 0.717) is 23.3 Å². The summed E-state index contributed by atoms with van der Waals surface area (Å²) in [6, 6.07) is 7.08. The number of anilines is 1. The van der Waals surface area contributed by atoms with Gasteiger partial charge in [0.25, 0.3) is 0 Å². The lowest BCUT2D eigenvalue weighted by molar-refractivity contribution is -0.120. The van der Waals surface area contributed by atoms with Gasteiger partial charge >= 0.3 is 0 Å². The van der Waals surface area contributed by atoms with E-state index >= 15 is 0 Å². The molecule has 1 aromatic heterocycles. The third-order valence-electron chi connectivity index (χ3n) is 3.47. The number of aryl methyl sites for hydroxylation is 1. The first-order chi connectivity index (χ1) is 11.2. The molecular formula is C18H23N3O3. The maximum Gasteiger partial charge on any atom is 0.243 e. The second kappa shape index (κ2) is 6.88. The Kier molecular flexibility index (Phi) is 5.09. The normalized spacial score (nSPS) is 12.7. The summed E-state index contributed by atoms with van der Waals surface area (Å²) in [4.78, 5) is 11.9. The number of nitrogens with one attached hydrogen (secondary N) is 1. The Bertz CT molecular complexity index is 830. The van der Waals surface area contributed by atoms with E-state index in [1.165, 1.54) is 0 Å². The summed E-state index contributed by atoms with van der Waals surface area (Å²) in [7, 11) is 0. The fourth-order valence-electron chi connectivity index (χ4n) is 2.11. The summed E-state index contributed by atoms with van der Waals surface area (Å²) in [6.45, 7) is 11.0. The van der Waals surface area contributed by atoms with Gasteiger partial charge in [0.05, 0.1) is 16.5 Å². The van der Waals surface area contributed by atoms with Gasteiger partial charge in [-0.3, -0.25) is 4.79 Å². The topological polar surface area (TPSA) is 90.4 Å². The number of benzene rings is 1. The molecule has 3 N–H and O–H groups in total. The number of rotatable bonds is 5. The summed E-state index contributed by atoms with van der Waals surface area (Å²) in [5.41, 5.74) is 6.71. The highest BCUT2D eigenvalue weighted by Crippen LogP contribution is 2.19. The molecule has 0 aliphatic carbocycles. The van der Waals surface area contributed by atoms with Gasteiger partial charge in [-0.2, -0.15) is 0 Å². The molecular weight excluding hydrogens is 306 g/mol. The van der Waals surface area contributed by atoms with Crippen LogP contribution in [0.2, 0.25) is 0 Å². The zero-order valence-electron chi connectivity index (χ0n) is 14.5. The SMILES string of the molecule is C=c1onc(C)c1=C(CC)Oc1ccc(NC(=O)C(C)(C)N)cc1. The number of hydrogen-bond acceptors (Lipinski definition) is 5. The van der Waals surface area contributed by atoms with Crippen LogP contribution in [0.4, 0.5) is 5.69 Å². The predicted octanol–water partition coefficient (Wildman–Crippen LogP) is 1.67. The third kappa shape index (κ3) is 4.02. The number of aromatic nitrogens is 1. The number of nitrogens with two attached hydrogens (primary N) is 1. The first kappa shape index (κ1) is 17.7. The third-order valence-corrected chi connectivity index (χ3v) is 3.47. The lowest BCUT2D eigenvalue weighted by Crippen LogP contribution is -2.45. The molecule has 0 atom stereocenters. The predicted molar refractivity (Wildman–Crippen MR) is 93.7 cm³/mol. The Hall–Kier alpha value is -2.60. The van der Waals surface area contributed by atoms with Gasteiger partial charge in [-0.15, -0.1) is 0 Å². The zero-order valence-corrected chi connectivity index (χ0v) is 14.5. The minimum absolute atomic E-state index is 0.251. The smallest absolute Gasteiger partial charge is 0.243 e. The van der Waals surface area contributed by atoms with Crippen LogP contribution in [0.1, 0.15) is 32.9 Å². The van der Waals surface area contributed by atoms with Crippen LogP contribution in [0.3, 0.4) is 0 Å². The van der Waals surface area contributed by atoms with E-state index in [-0.39, 0.29) is 5.91 Å². The fourth-order valence-corrected chi connectivity index (χ4v) is 2.11. The number of ether oxygens (including phenoxy) is 1. The van der Waals surface area contributed by atoms with Crippen molar-refractivity contribution in [2.24, 2.45) is 5.73 Å². The van der Waals surface area contributed by atoms with Crippen LogP contribution in [0.25, 0.3) is 12.3 Å². The van der Waals surface area contributed by atoms with Gasteiger partial charge in [0.15, 0.2) is 5.42 Å². The quantitative estimate of drug-likeness (QED) is 0.871. The van der Waals surface area contributed by atoms with Crippen LogP contribution in [0.5, 0.6) is 5.75 Å². The summed E-state index contributed by atoms with van der Waals surface area (Å²) < 4.78 is 11.0. The Morgan fingerprint density at radius 1 is 1.38 bits per heavy atom.